The van der Waals surface area contributed by atoms with Gasteiger partial charge in [0, 0.05) is 42.0 Å². The fraction of sp³-hybridized carbons (Fsp3) is 0.333. The van der Waals surface area contributed by atoms with Crippen LogP contribution in [0.2, 0.25) is 0 Å². The van der Waals surface area contributed by atoms with Gasteiger partial charge >= 0.3 is 12.1 Å². The number of aliphatic hydroxyl groups is 1. The van der Waals surface area contributed by atoms with Gasteiger partial charge in [0.15, 0.2) is 0 Å². The second kappa shape index (κ2) is 8.18. The van der Waals surface area contributed by atoms with Crippen molar-refractivity contribution in [3.8, 4) is 0 Å². The molecule has 1 amide bonds. The third-order valence-corrected chi connectivity index (χ3v) is 6.41. The van der Waals surface area contributed by atoms with Gasteiger partial charge in [-0.05, 0) is 36.6 Å². The number of halogens is 3. The van der Waals surface area contributed by atoms with Crippen molar-refractivity contribution in [3.63, 3.8) is 0 Å². The quantitative estimate of drug-likeness (QED) is 0.412. The van der Waals surface area contributed by atoms with Crippen molar-refractivity contribution in [2.75, 3.05) is 0 Å². The maximum absolute atomic E-state index is 14.4. The van der Waals surface area contributed by atoms with E-state index < -0.39 is 17.3 Å². The molecule has 1 atom stereocenters. The van der Waals surface area contributed by atoms with Crippen LogP contribution in [0.1, 0.15) is 42.4 Å². The Balaban J connectivity index is 1.80. The van der Waals surface area contributed by atoms with Crippen LogP contribution in [0.15, 0.2) is 48.7 Å². The molecule has 1 aliphatic carbocycles. The highest BCUT2D eigenvalue weighted by atomic mass is 19.4. The molecule has 1 unspecified atom stereocenters. The number of aromatic nitrogens is 1. The molecule has 168 valence electrons. The number of hydrogen-bond acceptors (Lipinski definition) is 3. The van der Waals surface area contributed by atoms with E-state index in [1.54, 1.807) is 35.9 Å². The van der Waals surface area contributed by atoms with E-state index in [0.717, 1.165) is 38.0 Å². The molecule has 1 heterocycles. The predicted octanol–water partition coefficient (Wildman–Crippen LogP) is 3.89. The zero-order chi connectivity index (χ0) is 23.1. The largest absolute Gasteiger partial charge is 0.425 e. The highest BCUT2D eigenvalue weighted by molar-refractivity contribution is 5.87. The molecule has 0 aliphatic heterocycles. The average Bonchev–Trinajstić information content (AvgIpc) is 3.42. The van der Waals surface area contributed by atoms with Crippen molar-refractivity contribution in [1.29, 1.82) is 5.41 Å². The van der Waals surface area contributed by atoms with Crippen LogP contribution in [0, 0.1) is 11.3 Å². The van der Waals surface area contributed by atoms with Crippen LogP contribution < -0.4 is 5.32 Å². The summed E-state index contributed by atoms with van der Waals surface area (Å²) in [5.74, 6) is -0.144. The minimum Gasteiger partial charge on any atom is -0.372 e. The van der Waals surface area contributed by atoms with Gasteiger partial charge in [0.05, 0.1) is 11.5 Å². The van der Waals surface area contributed by atoms with Gasteiger partial charge in [-0.15, -0.1) is 0 Å². The Hall–Kier alpha value is -2.97. The standard InChI is InChI=1S/C24H24F3N3O2/c1-30-14-19(18-8-4-5-9-21(18)30)23(32,24(25,26)27)17-10-11-20(16(12-17)13-28)29-22(31)15-6-2-3-7-15/h4-5,8-15,28,32H,2-3,6-7H2,1H3,(H,29,31)/p+1. The Bertz CT molecular complexity index is 1180. The fourth-order valence-electron chi connectivity index (χ4n) is 4.64. The van der Waals surface area contributed by atoms with E-state index in [-0.39, 0.29) is 23.0 Å². The van der Waals surface area contributed by atoms with Gasteiger partial charge < -0.3 is 15.1 Å². The summed E-state index contributed by atoms with van der Waals surface area (Å²) >= 11 is 0. The summed E-state index contributed by atoms with van der Waals surface area (Å²) in [5.41, 5.74) is -2.87. The summed E-state index contributed by atoms with van der Waals surface area (Å²) in [6, 6.07) is 10.3. The van der Waals surface area contributed by atoms with E-state index >= 15 is 0 Å². The Morgan fingerprint density at radius 1 is 1.19 bits per heavy atom. The minimum atomic E-state index is -5.01. The van der Waals surface area contributed by atoms with Crippen LogP contribution in [0.3, 0.4) is 0 Å². The SMILES string of the molecule is Cn1cc(C(O)(c2ccc([NH2+]C(=O)C3CCCC3)c(C=N)c2)C(F)(F)F)c2ccccc21. The van der Waals surface area contributed by atoms with Crippen molar-refractivity contribution in [2.45, 2.75) is 37.5 Å². The molecule has 0 radical (unpaired) electrons. The molecule has 5 nitrogen and oxygen atoms in total. The Morgan fingerprint density at radius 3 is 2.53 bits per heavy atom. The van der Waals surface area contributed by atoms with Crippen LogP contribution in [0.25, 0.3) is 10.9 Å². The number of nitrogens with zero attached hydrogens (tertiary/aromatic N) is 1. The molecule has 4 rings (SSSR count). The summed E-state index contributed by atoms with van der Waals surface area (Å²) in [5, 5.41) is 20.6. The first-order chi connectivity index (χ1) is 15.2. The molecule has 2 aromatic carbocycles. The zero-order valence-electron chi connectivity index (χ0n) is 17.6. The number of alkyl halides is 3. The van der Waals surface area contributed by atoms with Crippen molar-refractivity contribution >= 4 is 28.7 Å². The number of fused-ring (bicyclic) bond motifs is 1. The van der Waals surface area contributed by atoms with Gasteiger partial charge in [-0.3, -0.25) is 5.32 Å². The summed E-state index contributed by atoms with van der Waals surface area (Å²) in [4.78, 5) is 12.5. The molecule has 1 saturated carbocycles. The van der Waals surface area contributed by atoms with Crippen molar-refractivity contribution in [1.82, 2.24) is 4.57 Å². The summed E-state index contributed by atoms with van der Waals surface area (Å²) in [6.07, 6.45) is 0.781. The number of carbonyl (C=O) groups excluding carboxylic acids is 1. The topological polar surface area (TPSA) is 82.7 Å². The first-order valence-electron chi connectivity index (χ1n) is 10.5. The number of benzene rings is 2. The average molecular weight is 444 g/mol. The number of para-hydroxylation sites is 1. The lowest BCUT2D eigenvalue weighted by molar-refractivity contribution is -0.487. The number of amides is 1. The molecule has 8 heteroatoms. The third-order valence-electron chi connectivity index (χ3n) is 6.41. The monoisotopic (exact) mass is 444 g/mol. The number of primary amides is 1. The second-order valence-corrected chi connectivity index (χ2v) is 8.40. The van der Waals surface area contributed by atoms with Crippen LogP contribution in [-0.4, -0.2) is 28.0 Å². The lowest BCUT2D eigenvalue weighted by atomic mass is 9.84. The van der Waals surface area contributed by atoms with Crippen LogP contribution in [-0.2, 0) is 17.4 Å². The Kier molecular flexibility index (Phi) is 5.68. The molecule has 4 N–H and O–H groups in total. The molecule has 0 bridgehead atoms. The number of nitrogens with two attached hydrogens (primary N) is 1. The molecule has 1 aliphatic rings. The molecule has 0 saturated heterocycles. The lowest BCUT2D eigenvalue weighted by Crippen LogP contribution is -2.84. The van der Waals surface area contributed by atoms with E-state index in [0.29, 0.717) is 16.6 Å². The zero-order valence-corrected chi connectivity index (χ0v) is 17.6. The first kappa shape index (κ1) is 22.2. The summed E-state index contributed by atoms with van der Waals surface area (Å²) in [6.45, 7) is 0. The number of hydrogen-bond donors (Lipinski definition) is 3. The fourth-order valence-corrected chi connectivity index (χ4v) is 4.64. The van der Waals surface area contributed by atoms with Crippen LogP contribution in [0.5, 0.6) is 0 Å². The first-order valence-corrected chi connectivity index (χ1v) is 10.5. The van der Waals surface area contributed by atoms with E-state index in [1.807, 2.05) is 0 Å². The van der Waals surface area contributed by atoms with Gasteiger partial charge in [-0.1, -0.05) is 31.0 Å². The minimum absolute atomic E-state index is 0.0708. The van der Waals surface area contributed by atoms with Crippen molar-refractivity contribution in [3.05, 3.63) is 65.4 Å². The maximum atomic E-state index is 14.4. The predicted molar refractivity (Wildman–Crippen MR) is 115 cm³/mol. The van der Waals surface area contributed by atoms with Crippen molar-refractivity contribution < 1.29 is 28.4 Å². The molecular formula is C24H25F3N3O2+. The smallest absolute Gasteiger partial charge is 0.372 e. The van der Waals surface area contributed by atoms with Gasteiger partial charge in [0.2, 0.25) is 5.60 Å². The van der Waals surface area contributed by atoms with Gasteiger partial charge in [-0.25, -0.2) is 4.79 Å². The molecule has 1 fully saturated rings. The van der Waals surface area contributed by atoms with Crippen LogP contribution >= 0.6 is 0 Å². The summed E-state index contributed by atoms with van der Waals surface area (Å²) < 4.78 is 44.7. The Labute approximate surface area is 183 Å². The van der Waals surface area contributed by atoms with Crippen LogP contribution in [0.4, 0.5) is 18.9 Å². The maximum Gasteiger partial charge on any atom is 0.425 e. The van der Waals surface area contributed by atoms with Gasteiger partial charge in [0.1, 0.15) is 5.69 Å². The molecule has 1 aromatic heterocycles. The second-order valence-electron chi connectivity index (χ2n) is 8.40. The molecular weight excluding hydrogens is 419 g/mol. The number of rotatable bonds is 5. The number of carbonyl (C=O) groups is 1. The van der Waals surface area contributed by atoms with E-state index in [4.69, 9.17) is 5.41 Å². The molecule has 0 spiro atoms. The lowest BCUT2D eigenvalue weighted by Gasteiger charge is -2.31. The normalized spacial score (nSPS) is 16.9. The Morgan fingerprint density at radius 2 is 1.88 bits per heavy atom. The highest BCUT2D eigenvalue weighted by Gasteiger charge is 2.57. The highest BCUT2D eigenvalue weighted by Crippen LogP contribution is 2.47. The number of quaternary nitrogens is 1. The van der Waals surface area contributed by atoms with E-state index in [2.05, 4.69) is 0 Å². The number of aryl methyl sites for hydroxylation is 1. The van der Waals surface area contributed by atoms with Crippen molar-refractivity contribution in [2.24, 2.45) is 13.0 Å². The van der Waals surface area contributed by atoms with Gasteiger partial charge in [-0.2, -0.15) is 13.2 Å². The third kappa shape index (κ3) is 3.63. The molecule has 3 aromatic rings. The number of nitrogens with one attached hydrogen (secondary N) is 1. The molecule has 32 heavy (non-hydrogen) atoms. The van der Waals surface area contributed by atoms with E-state index in [1.165, 1.54) is 23.6 Å². The van der Waals surface area contributed by atoms with E-state index in [9.17, 15) is 23.1 Å². The van der Waals surface area contributed by atoms with Gasteiger partial charge in [0.25, 0.3) is 0 Å². The summed E-state index contributed by atoms with van der Waals surface area (Å²) in [7, 11) is 1.62.